The fourth-order valence-corrected chi connectivity index (χ4v) is 2.69. The number of likely N-dealkylation sites (N-methyl/N-ethyl adjacent to an activating group) is 1. The van der Waals surface area contributed by atoms with Gasteiger partial charge >= 0.3 is 6.03 Å². The maximum atomic E-state index is 12.3. The molecule has 3 amide bonds. The van der Waals surface area contributed by atoms with Crippen molar-refractivity contribution in [3.05, 3.63) is 58.8 Å². The van der Waals surface area contributed by atoms with E-state index in [4.69, 9.17) is 11.6 Å². The zero-order valence-corrected chi connectivity index (χ0v) is 13.3. The summed E-state index contributed by atoms with van der Waals surface area (Å²) < 4.78 is 0. The fourth-order valence-electron chi connectivity index (χ4n) is 2.50. The third-order valence-corrected chi connectivity index (χ3v) is 3.80. The largest absolute Gasteiger partial charge is 0.355 e. The molecule has 0 fully saturated rings. The molecule has 0 aromatic heterocycles. The molecule has 0 saturated heterocycles. The molecule has 1 heterocycles. The molecule has 6 heteroatoms. The molecule has 1 aromatic rings. The van der Waals surface area contributed by atoms with Gasteiger partial charge in [0.15, 0.2) is 0 Å². The van der Waals surface area contributed by atoms with E-state index in [1.165, 1.54) is 4.90 Å². The first-order valence-electron chi connectivity index (χ1n) is 6.86. The van der Waals surface area contributed by atoms with E-state index in [-0.39, 0.29) is 11.9 Å². The Morgan fingerprint density at radius 2 is 2.27 bits per heavy atom. The SMILES string of the molecule is C=CCN1C(=O)N[C@H](c2cccc(Cl)c2)C(C(=O)NC)=C1C. The summed E-state index contributed by atoms with van der Waals surface area (Å²) in [6, 6.07) is 6.30. The van der Waals surface area contributed by atoms with Crippen molar-refractivity contribution in [2.75, 3.05) is 13.6 Å². The lowest BCUT2D eigenvalue weighted by Gasteiger charge is -2.35. The number of nitrogens with zero attached hydrogens (tertiary/aromatic N) is 1. The highest BCUT2D eigenvalue weighted by atomic mass is 35.5. The Bertz CT molecular complexity index is 655. The molecule has 1 aliphatic rings. The highest BCUT2D eigenvalue weighted by Crippen LogP contribution is 2.31. The van der Waals surface area contributed by atoms with Crippen molar-refractivity contribution in [2.45, 2.75) is 13.0 Å². The lowest BCUT2D eigenvalue weighted by Crippen LogP contribution is -2.49. The van der Waals surface area contributed by atoms with Crippen LogP contribution in [0.3, 0.4) is 0 Å². The first-order valence-corrected chi connectivity index (χ1v) is 7.24. The minimum absolute atomic E-state index is 0.239. The maximum absolute atomic E-state index is 12.3. The van der Waals surface area contributed by atoms with E-state index in [0.29, 0.717) is 22.8 Å². The van der Waals surface area contributed by atoms with E-state index in [9.17, 15) is 9.59 Å². The fraction of sp³-hybridized carbons (Fsp3) is 0.250. The summed E-state index contributed by atoms with van der Waals surface area (Å²) in [5, 5.41) is 6.03. The predicted octanol–water partition coefficient (Wildman–Crippen LogP) is 2.61. The normalized spacial score (nSPS) is 18.0. The monoisotopic (exact) mass is 319 g/mol. The Hall–Kier alpha value is -2.27. The number of rotatable bonds is 4. The van der Waals surface area contributed by atoms with Gasteiger partial charge < -0.3 is 10.6 Å². The molecule has 0 spiro atoms. The smallest absolute Gasteiger partial charge is 0.322 e. The van der Waals surface area contributed by atoms with Crippen LogP contribution in [0.25, 0.3) is 0 Å². The highest BCUT2D eigenvalue weighted by molar-refractivity contribution is 6.30. The number of carbonyl (C=O) groups excluding carboxylic acids is 2. The van der Waals surface area contributed by atoms with Gasteiger partial charge in [0.25, 0.3) is 5.91 Å². The maximum Gasteiger partial charge on any atom is 0.322 e. The van der Waals surface area contributed by atoms with Gasteiger partial charge in [-0.25, -0.2) is 4.79 Å². The molecule has 0 aliphatic carbocycles. The van der Waals surface area contributed by atoms with E-state index in [0.717, 1.165) is 5.56 Å². The van der Waals surface area contributed by atoms with Gasteiger partial charge in [-0.05, 0) is 24.6 Å². The topological polar surface area (TPSA) is 61.4 Å². The van der Waals surface area contributed by atoms with Crippen LogP contribution < -0.4 is 10.6 Å². The van der Waals surface area contributed by atoms with Crippen LogP contribution in [-0.2, 0) is 4.79 Å². The van der Waals surface area contributed by atoms with Crippen LogP contribution in [0, 0.1) is 0 Å². The van der Waals surface area contributed by atoms with Crippen molar-refractivity contribution in [3.8, 4) is 0 Å². The minimum atomic E-state index is -0.535. The van der Waals surface area contributed by atoms with Gasteiger partial charge in [-0.15, -0.1) is 6.58 Å². The number of amides is 3. The van der Waals surface area contributed by atoms with Gasteiger partial charge in [0.2, 0.25) is 0 Å². The van der Waals surface area contributed by atoms with Gasteiger partial charge in [-0.1, -0.05) is 29.8 Å². The van der Waals surface area contributed by atoms with E-state index in [1.54, 1.807) is 38.2 Å². The van der Waals surface area contributed by atoms with E-state index in [2.05, 4.69) is 17.2 Å². The number of nitrogens with one attached hydrogen (secondary N) is 2. The number of urea groups is 1. The van der Waals surface area contributed by atoms with Crippen LogP contribution in [0.1, 0.15) is 18.5 Å². The first kappa shape index (κ1) is 16.1. The molecule has 116 valence electrons. The van der Waals surface area contributed by atoms with Gasteiger partial charge in [-0.3, -0.25) is 9.69 Å². The van der Waals surface area contributed by atoms with Crippen LogP contribution in [0.15, 0.2) is 48.2 Å². The predicted molar refractivity (Wildman–Crippen MR) is 86.4 cm³/mol. The number of carbonyl (C=O) groups is 2. The van der Waals surface area contributed by atoms with Gasteiger partial charge in [0.1, 0.15) is 0 Å². The lowest BCUT2D eigenvalue weighted by atomic mass is 9.94. The van der Waals surface area contributed by atoms with Gasteiger partial charge in [0, 0.05) is 24.3 Å². The van der Waals surface area contributed by atoms with Crippen LogP contribution in [-0.4, -0.2) is 30.4 Å². The molecule has 0 bridgehead atoms. The van der Waals surface area contributed by atoms with E-state index in [1.807, 2.05) is 6.07 Å². The third kappa shape index (κ3) is 2.99. The summed E-state index contributed by atoms with van der Waals surface area (Å²) in [5.74, 6) is -0.239. The zero-order valence-electron chi connectivity index (χ0n) is 12.5. The lowest BCUT2D eigenvalue weighted by molar-refractivity contribution is -0.117. The molecule has 0 unspecified atom stereocenters. The Labute approximate surface area is 134 Å². The number of allylic oxidation sites excluding steroid dienone is 1. The molecule has 1 atom stereocenters. The van der Waals surface area contributed by atoms with Crippen molar-refractivity contribution in [1.29, 1.82) is 0 Å². The molecule has 2 rings (SSSR count). The van der Waals surface area contributed by atoms with Crippen LogP contribution in [0.4, 0.5) is 4.79 Å². The van der Waals surface area contributed by atoms with Gasteiger partial charge in [0.05, 0.1) is 11.6 Å². The number of hydrogen-bond acceptors (Lipinski definition) is 2. The molecule has 22 heavy (non-hydrogen) atoms. The van der Waals surface area contributed by atoms with E-state index >= 15 is 0 Å². The molecule has 5 nitrogen and oxygen atoms in total. The van der Waals surface area contributed by atoms with Crippen LogP contribution in [0.5, 0.6) is 0 Å². The van der Waals surface area contributed by atoms with Crippen molar-refractivity contribution >= 4 is 23.5 Å². The number of halogens is 1. The third-order valence-electron chi connectivity index (χ3n) is 3.56. The van der Waals surface area contributed by atoms with Crippen molar-refractivity contribution in [3.63, 3.8) is 0 Å². The van der Waals surface area contributed by atoms with Crippen LogP contribution >= 0.6 is 11.6 Å². The molecular weight excluding hydrogens is 302 g/mol. The summed E-state index contributed by atoms with van der Waals surface area (Å²) in [6.07, 6.45) is 1.62. The quantitative estimate of drug-likeness (QED) is 0.838. The Kier molecular flexibility index (Phi) is 4.88. The van der Waals surface area contributed by atoms with Crippen LogP contribution in [0.2, 0.25) is 5.02 Å². The summed E-state index contributed by atoms with van der Waals surface area (Å²) in [5.41, 5.74) is 1.86. The standard InChI is InChI=1S/C16H18ClN3O2/c1-4-8-20-10(2)13(15(21)18-3)14(19-16(20)22)11-6-5-7-12(17)9-11/h4-7,9,14H,1,8H2,2-3H3,(H,18,21)(H,19,22)/t14-/m1/s1. The molecule has 1 aliphatic heterocycles. The van der Waals surface area contributed by atoms with E-state index < -0.39 is 6.04 Å². The second-order valence-corrected chi connectivity index (χ2v) is 5.35. The number of hydrogen-bond donors (Lipinski definition) is 2. The summed E-state index contributed by atoms with van der Waals surface area (Å²) >= 11 is 6.02. The summed E-state index contributed by atoms with van der Waals surface area (Å²) in [6.45, 7) is 5.73. The summed E-state index contributed by atoms with van der Waals surface area (Å²) in [7, 11) is 1.56. The Balaban J connectivity index is 2.55. The van der Waals surface area contributed by atoms with Gasteiger partial charge in [-0.2, -0.15) is 0 Å². The van der Waals surface area contributed by atoms with Crippen molar-refractivity contribution < 1.29 is 9.59 Å². The molecular formula is C16H18ClN3O2. The van der Waals surface area contributed by atoms with Crippen molar-refractivity contribution in [1.82, 2.24) is 15.5 Å². The molecule has 2 N–H and O–H groups in total. The molecule has 0 saturated carbocycles. The highest BCUT2D eigenvalue weighted by Gasteiger charge is 2.34. The number of benzene rings is 1. The second-order valence-electron chi connectivity index (χ2n) is 4.91. The molecule has 0 radical (unpaired) electrons. The molecule has 1 aromatic carbocycles. The Morgan fingerprint density at radius 1 is 1.55 bits per heavy atom. The first-order chi connectivity index (χ1) is 10.5. The zero-order chi connectivity index (χ0) is 16.3. The minimum Gasteiger partial charge on any atom is -0.355 e. The second kappa shape index (κ2) is 6.66. The average molecular weight is 320 g/mol. The summed E-state index contributed by atoms with van der Waals surface area (Å²) in [4.78, 5) is 26.1. The van der Waals surface area contributed by atoms with Crippen molar-refractivity contribution in [2.24, 2.45) is 0 Å². The Morgan fingerprint density at radius 3 is 2.86 bits per heavy atom. The average Bonchev–Trinajstić information content (AvgIpc) is 2.50.